The van der Waals surface area contributed by atoms with Crippen molar-refractivity contribution in [3.8, 4) is 0 Å². The van der Waals surface area contributed by atoms with E-state index in [2.05, 4.69) is 19.1 Å². The van der Waals surface area contributed by atoms with Crippen LogP contribution in [0.1, 0.15) is 103 Å². The maximum Gasteiger partial charge on any atom is 0.0871 e. The SMILES string of the molecule is CCCCCCCCC=CCCCCCCCCC(=CF)CN. The zero-order chi connectivity index (χ0) is 17.0. The predicted octanol–water partition coefficient (Wildman–Crippen LogP) is 7.23. The zero-order valence-corrected chi connectivity index (χ0v) is 15.5. The van der Waals surface area contributed by atoms with E-state index in [1.165, 1.54) is 83.5 Å². The fraction of sp³-hybridized carbons (Fsp3) is 0.810. The van der Waals surface area contributed by atoms with Gasteiger partial charge in [0.05, 0.1) is 6.33 Å². The molecule has 0 aromatic heterocycles. The van der Waals surface area contributed by atoms with Crippen molar-refractivity contribution in [2.24, 2.45) is 5.73 Å². The number of allylic oxidation sites excluding steroid dienone is 2. The largest absolute Gasteiger partial charge is 0.327 e. The van der Waals surface area contributed by atoms with Gasteiger partial charge in [-0.05, 0) is 44.1 Å². The monoisotopic (exact) mass is 325 g/mol. The first-order valence-corrected chi connectivity index (χ1v) is 9.98. The third-order valence-electron chi connectivity index (χ3n) is 4.43. The molecule has 0 fully saturated rings. The van der Waals surface area contributed by atoms with E-state index in [4.69, 9.17) is 5.73 Å². The molecule has 2 heteroatoms. The van der Waals surface area contributed by atoms with Crippen molar-refractivity contribution in [3.05, 3.63) is 24.1 Å². The Bertz CT molecular complexity index is 284. The van der Waals surface area contributed by atoms with Gasteiger partial charge in [-0.3, -0.25) is 0 Å². The molecule has 2 N–H and O–H groups in total. The van der Waals surface area contributed by atoms with Crippen LogP contribution in [-0.4, -0.2) is 6.54 Å². The fourth-order valence-electron chi connectivity index (χ4n) is 2.80. The summed E-state index contributed by atoms with van der Waals surface area (Å²) in [6.07, 6.45) is 24.5. The minimum absolute atomic E-state index is 0.363. The van der Waals surface area contributed by atoms with Crippen LogP contribution in [0, 0.1) is 0 Å². The summed E-state index contributed by atoms with van der Waals surface area (Å²) in [7, 11) is 0. The average molecular weight is 326 g/mol. The quantitative estimate of drug-likeness (QED) is 0.221. The van der Waals surface area contributed by atoms with E-state index in [0.29, 0.717) is 12.9 Å². The van der Waals surface area contributed by atoms with Crippen molar-refractivity contribution in [1.82, 2.24) is 0 Å². The second-order valence-electron chi connectivity index (χ2n) is 6.66. The summed E-state index contributed by atoms with van der Waals surface area (Å²) in [5.74, 6) is 0. The summed E-state index contributed by atoms with van der Waals surface area (Å²) >= 11 is 0. The van der Waals surface area contributed by atoms with Crippen molar-refractivity contribution in [2.45, 2.75) is 103 Å². The van der Waals surface area contributed by atoms with Crippen molar-refractivity contribution >= 4 is 0 Å². The van der Waals surface area contributed by atoms with Gasteiger partial charge in [0.15, 0.2) is 0 Å². The van der Waals surface area contributed by atoms with Gasteiger partial charge in [0.1, 0.15) is 0 Å². The number of halogens is 1. The first-order chi connectivity index (χ1) is 11.3. The Morgan fingerprint density at radius 2 is 1.22 bits per heavy atom. The van der Waals surface area contributed by atoms with Crippen LogP contribution >= 0.6 is 0 Å². The third kappa shape index (κ3) is 17.6. The van der Waals surface area contributed by atoms with Crippen LogP contribution < -0.4 is 5.73 Å². The van der Waals surface area contributed by atoms with E-state index >= 15 is 0 Å². The molecule has 0 unspecified atom stereocenters. The predicted molar refractivity (Wildman–Crippen MR) is 102 cm³/mol. The van der Waals surface area contributed by atoms with Crippen molar-refractivity contribution in [1.29, 1.82) is 0 Å². The lowest BCUT2D eigenvalue weighted by Gasteiger charge is -2.03. The first kappa shape index (κ1) is 22.4. The summed E-state index contributed by atoms with van der Waals surface area (Å²) in [6.45, 7) is 2.63. The Labute approximate surface area is 144 Å². The van der Waals surface area contributed by atoms with E-state index in [1.807, 2.05) is 0 Å². The Hall–Kier alpha value is -0.630. The number of hydrogen-bond acceptors (Lipinski definition) is 1. The molecule has 0 aromatic rings. The zero-order valence-electron chi connectivity index (χ0n) is 15.5. The van der Waals surface area contributed by atoms with Crippen LogP contribution in [0.4, 0.5) is 4.39 Å². The number of hydrogen-bond donors (Lipinski definition) is 1. The lowest BCUT2D eigenvalue weighted by molar-refractivity contribution is 0.589. The summed E-state index contributed by atoms with van der Waals surface area (Å²) in [5.41, 5.74) is 6.19. The number of unbranched alkanes of at least 4 members (excludes halogenated alkanes) is 12. The van der Waals surface area contributed by atoms with Crippen LogP contribution in [0.2, 0.25) is 0 Å². The minimum atomic E-state index is 0.363. The molecule has 0 radical (unpaired) electrons. The van der Waals surface area contributed by atoms with Crippen LogP contribution in [0.15, 0.2) is 24.1 Å². The standard InChI is InChI=1S/C21H40FN/c1-2-3-4-5-6-7-8-9-10-11-12-13-14-15-16-17-18-21(19-22)20-23/h9-10,19H,2-8,11-18,20,23H2,1H3. The van der Waals surface area contributed by atoms with Gasteiger partial charge in [-0.15, -0.1) is 0 Å². The average Bonchev–Trinajstić information content (AvgIpc) is 2.58. The maximum absolute atomic E-state index is 12.3. The van der Waals surface area contributed by atoms with Gasteiger partial charge in [0, 0.05) is 6.54 Å². The summed E-state index contributed by atoms with van der Waals surface area (Å²) in [6, 6.07) is 0. The Kier molecular flexibility index (Phi) is 18.9. The van der Waals surface area contributed by atoms with E-state index in [-0.39, 0.29) is 0 Å². The van der Waals surface area contributed by atoms with E-state index in [0.717, 1.165) is 18.4 Å². The highest BCUT2D eigenvalue weighted by Crippen LogP contribution is 2.12. The van der Waals surface area contributed by atoms with E-state index in [1.54, 1.807) is 0 Å². The van der Waals surface area contributed by atoms with Crippen molar-refractivity contribution in [3.63, 3.8) is 0 Å². The first-order valence-electron chi connectivity index (χ1n) is 9.98. The van der Waals surface area contributed by atoms with Gasteiger partial charge in [0.2, 0.25) is 0 Å². The molecule has 0 amide bonds. The molecule has 0 aromatic carbocycles. The summed E-state index contributed by atoms with van der Waals surface area (Å²) in [5, 5.41) is 0. The lowest BCUT2D eigenvalue weighted by atomic mass is 10.0. The lowest BCUT2D eigenvalue weighted by Crippen LogP contribution is -2.02. The molecular weight excluding hydrogens is 285 g/mol. The van der Waals surface area contributed by atoms with Crippen molar-refractivity contribution < 1.29 is 4.39 Å². The summed E-state index contributed by atoms with van der Waals surface area (Å²) in [4.78, 5) is 0. The normalized spacial score (nSPS) is 12.4. The Morgan fingerprint density at radius 3 is 1.70 bits per heavy atom. The molecule has 0 saturated carbocycles. The molecule has 0 heterocycles. The molecule has 0 spiro atoms. The van der Waals surface area contributed by atoms with Gasteiger partial charge in [-0.25, -0.2) is 4.39 Å². The second-order valence-corrected chi connectivity index (χ2v) is 6.66. The van der Waals surface area contributed by atoms with Gasteiger partial charge >= 0.3 is 0 Å². The number of nitrogens with two attached hydrogens (primary N) is 1. The number of rotatable bonds is 17. The third-order valence-corrected chi connectivity index (χ3v) is 4.43. The Balaban J connectivity index is 3.16. The van der Waals surface area contributed by atoms with E-state index in [9.17, 15) is 4.39 Å². The molecule has 0 aliphatic rings. The van der Waals surface area contributed by atoms with Gasteiger partial charge in [-0.2, -0.15) is 0 Å². The molecule has 23 heavy (non-hydrogen) atoms. The minimum Gasteiger partial charge on any atom is -0.327 e. The molecular formula is C21H40FN. The topological polar surface area (TPSA) is 26.0 Å². The highest BCUT2D eigenvalue weighted by Gasteiger charge is 1.96. The highest BCUT2D eigenvalue weighted by atomic mass is 19.1. The van der Waals surface area contributed by atoms with Crippen LogP contribution in [0.25, 0.3) is 0 Å². The van der Waals surface area contributed by atoms with E-state index < -0.39 is 0 Å². The Morgan fingerprint density at radius 1 is 0.739 bits per heavy atom. The smallest absolute Gasteiger partial charge is 0.0871 e. The molecule has 0 bridgehead atoms. The molecule has 0 aliphatic heterocycles. The molecule has 0 saturated heterocycles. The fourth-order valence-corrected chi connectivity index (χ4v) is 2.80. The van der Waals surface area contributed by atoms with Crippen molar-refractivity contribution in [2.75, 3.05) is 6.54 Å². The maximum atomic E-state index is 12.3. The molecule has 0 rings (SSSR count). The van der Waals surface area contributed by atoms with Crippen LogP contribution in [0.3, 0.4) is 0 Å². The molecule has 1 nitrogen and oxygen atoms in total. The van der Waals surface area contributed by atoms with Gasteiger partial charge in [-0.1, -0.05) is 76.9 Å². The molecule has 0 aliphatic carbocycles. The second kappa shape index (κ2) is 19.4. The van der Waals surface area contributed by atoms with Gasteiger partial charge < -0.3 is 5.73 Å². The molecule has 136 valence electrons. The van der Waals surface area contributed by atoms with Crippen LogP contribution in [0.5, 0.6) is 0 Å². The summed E-state index contributed by atoms with van der Waals surface area (Å²) < 4.78 is 12.3. The highest BCUT2D eigenvalue weighted by molar-refractivity contribution is 4.98. The van der Waals surface area contributed by atoms with Crippen LogP contribution in [-0.2, 0) is 0 Å². The molecule has 0 atom stereocenters. The van der Waals surface area contributed by atoms with Gasteiger partial charge in [0.25, 0.3) is 0 Å².